The Morgan fingerprint density at radius 1 is 0.500 bits per heavy atom. The Labute approximate surface area is 436 Å². The van der Waals surface area contributed by atoms with Gasteiger partial charge in [-0.2, -0.15) is 0 Å². The third-order valence-corrected chi connectivity index (χ3v) is 14.3. The highest BCUT2D eigenvalue weighted by molar-refractivity contribution is 5.82. The first-order valence-corrected chi connectivity index (χ1v) is 25.1. The lowest BCUT2D eigenvalue weighted by molar-refractivity contribution is -0.147. The van der Waals surface area contributed by atoms with Gasteiger partial charge < -0.3 is 33.2 Å². The maximum absolute atomic E-state index is 12.7. The molecule has 9 heteroatoms. The zero-order valence-electron chi connectivity index (χ0n) is 44.0. The second kappa shape index (κ2) is 22.8. The summed E-state index contributed by atoms with van der Waals surface area (Å²) >= 11 is 0. The Hall–Kier alpha value is -8.04. The van der Waals surface area contributed by atoms with E-state index in [9.17, 15) is 9.59 Å². The van der Waals surface area contributed by atoms with Gasteiger partial charge in [0.2, 0.25) is 0 Å². The molecule has 74 heavy (non-hydrogen) atoms. The van der Waals surface area contributed by atoms with E-state index in [0.717, 1.165) is 90.4 Å². The van der Waals surface area contributed by atoms with Crippen LogP contribution < -0.4 is 23.7 Å². The zero-order chi connectivity index (χ0) is 52.7. The summed E-state index contributed by atoms with van der Waals surface area (Å²) in [6, 6.07) is 44.9. The number of esters is 2. The Morgan fingerprint density at radius 2 is 0.892 bits per heavy atom. The predicted molar refractivity (Wildman–Crippen MR) is 293 cm³/mol. The molecule has 3 unspecified atom stereocenters. The number of carbonyl (C=O) groups excluding carboxylic acids is 2. The van der Waals surface area contributed by atoms with E-state index in [1.807, 2.05) is 114 Å². The third-order valence-electron chi connectivity index (χ3n) is 14.3. The average Bonchev–Trinajstić information content (AvgIpc) is 3.42. The van der Waals surface area contributed by atoms with Gasteiger partial charge in [-0.25, -0.2) is 9.59 Å². The van der Waals surface area contributed by atoms with E-state index in [1.165, 1.54) is 11.1 Å². The molecule has 8 rings (SSSR count). The molecular formula is C65H66O9. The van der Waals surface area contributed by atoms with Crippen molar-refractivity contribution in [2.45, 2.75) is 85.9 Å². The van der Waals surface area contributed by atoms with Crippen molar-refractivity contribution in [3.05, 3.63) is 226 Å². The first-order chi connectivity index (χ1) is 35.6. The van der Waals surface area contributed by atoms with Crippen molar-refractivity contribution in [2.75, 3.05) is 26.4 Å². The van der Waals surface area contributed by atoms with Crippen LogP contribution in [0.25, 0.3) is 11.1 Å². The summed E-state index contributed by atoms with van der Waals surface area (Å²) in [6.07, 6.45) is 0.751. The highest BCUT2D eigenvalue weighted by Gasteiger charge is 2.38. The van der Waals surface area contributed by atoms with Crippen LogP contribution in [0.5, 0.6) is 34.5 Å². The molecule has 0 amide bonds. The van der Waals surface area contributed by atoms with Gasteiger partial charge in [-0.15, -0.1) is 0 Å². The summed E-state index contributed by atoms with van der Waals surface area (Å²) in [5.41, 5.74) is 13.9. The van der Waals surface area contributed by atoms with E-state index in [-0.39, 0.29) is 37.8 Å². The Balaban J connectivity index is 1.06. The van der Waals surface area contributed by atoms with Gasteiger partial charge in [-0.05, 0) is 134 Å². The summed E-state index contributed by atoms with van der Waals surface area (Å²) in [7, 11) is 0. The number of hydrogen-bond donors (Lipinski definition) is 0. The summed E-state index contributed by atoms with van der Waals surface area (Å²) in [5.74, 6) is 2.68. The fourth-order valence-electron chi connectivity index (χ4n) is 9.72. The molecular weight excluding hydrogens is 925 g/mol. The van der Waals surface area contributed by atoms with Crippen LogP contribution >= 0.6 is 0 Å². The topological polar surface area (TPSA) is 98.8 Å². The van der Waals surface area contributed by atoms with E-state index in [1.54, 1.807) is 0 Å². The lowest BCUT2D eigenvalue weighted by Crippen LogP contribution is -2.31. The van der Waals surface area contributed by atoms with Gasteiger partial charge in [-0.1, -0.05) is 142 Å². The van der Waals surface area contributed by atoms with Crippen LogP contribution in [0.3, 0.4) is 0 Å². The molecule has 0 saturated carbocycles. The van der Waals surface area contributed by atoms with Crippen molar-refractivity contribution >= 4 is 11.9 Å². The molecule has 0 spiro atoms. The minimum absolute atomic E-state index is 0.0150. The molecule has 0 fully saturated rings. The van der Waals surface area contributed by atoms with Crippen LogP contribution in [0.4, 0.5) is 0 Å². The molecule has 0 saturated heterocycles. The molecule has 0 aliphatic carbocycles. The number of rotatable bonds is 20. The molecule has 7 aromatic carbocycles. The SMILES string of the molecule is C=CC(=O)OC(COc1ccc(-c2ccccc2)cc1)COc1c(C)c(C)c2c(c1C)C(c1ccccc1)c1c(C)c(OCC(COc3ccc(C(C)(C)c4ccc(C)cc4)cc3)OC(=O)C=C)c(C)c(C)c1O2. The monoisotopic (exact) mass is 990 g/mol. The second-order valence-electron chi connectivity index (χ2n) is 19.5. The molecule has 0 bridgehead atoms. The van der Waals surface area contributed by atoms with Crippen LogP contribution in [0.15, 0.2) is 159 Å². The van der Waals surface area contributed by atoms with Crippen LogP contribution in [-0.2, 0) is 24.5 Å². The van der Waals surface area contributed by atoms with Crippen LogP contribution in [0.2, 0.25) is 0 Å². The molecule has 1 heterocycles. The minimum Gasteiger partial charge on any atom is -0.490 e. The van der Waals surface area contributed by atoms with Crippen molar-refractivity contribution < 1.29 is 42.7 Å². The fraction of sp³-hybridized carbons (Fsp3) is 0.262. The van der Waals surface area contributed by atoms with E-state index >= 15 is 0 Å². The third kappa shape index (κ3) is 11.3. The van der Waals surface area contributed by atoms with Gasteiger partial charge in [-0.3, -0.25) is 0 Å². The molecule has 380 valence electrons. The minimum atomic E-state index is -0.769. The summed E-state index contributed by atoms with van der Waals surface area (Å²) in [6.45, 7) is 26.1. The molecule has 1 aliphatic rings. The summed E-state index contributed by atoms with van der Waals surface area (Å²) < 4.78 is 44.7. The lowest BCUT2D eigenvalue weighted by Gasteiger charge is -2.36. The zero-order valence-corrected chi connectivity index (χ0v) is 44.0. The van der Waals surface area contributed by atoms with E-state index in [2.05, 4.69) is 94.6 Å². The molecule has 3 atom stereocenters. The van der Waals surface area contributed by atoms with Gasteiger partial charge in [0, 0.05) is 34.6 Å². The Kier molecular flexibility index (Phi) is 16.1. The first-order valence-electron chi connectivity index (χ1n) is 25.1. The molecule has 0 N–H and O–H groups in total. The number of fused-ring (bicyclic) bond motifs is 2. The number of carbonyl (C=O) groups is 2. The van der Waals surface area contributed by atoms with Crippen molar-refractivity contribution in [3.63, 3.8) is 0 Å². The van der Waals surface area contributed by atoms with E-state index in [0.29, 0.717) is 23.0 Å². The molecule has 9 nitrogen and oxygen atoms in total. The van der Waals surface area contributed by atoms with Gasteiger partial charge >= 0.3 is 11.9 Å². The maximum Gasteiger partial charge on any atom is 0.330 e. The number of benzene rings is 7. The van der Waals surface area contributed by atoms with Crippen LogP contribution in [-0.4, -0.2) is 50.6 Å². The smallest absolute Gasteiger partial charge is 0.330 e. The van der Waals surface area contributed by atoms with Crippen molar-refractivity contribution in [2.24, 2.45) is 0 Å². The number of aryl methyl sites for hydroxylation is 1. The standard InChI is InChI=1S/C65H66O9/c1-12-56(66)72-54(36-68-52-32-26-48(27-33-52)47-20-16-14-17-21-47)38-70-61-41(4)43(6)63-58(45(61)8)60(49-22-18-15-19-23-49)59-46(9)62(42(5)44(7)64(59)74-63)71-39-55(73-57(67)13-2)37-69-53-34-30-51(31-35-53)65(10,11)50-28-24-40(3)25-29-50/h12-35,54-55,60H,1-2,36-39H2,3-11H3. The van der Waals surface area contributed by atoms with E-state index < -0.39 is 24.1 Å². The highest BCUT2D eigenvalue weighted by Crippen LogP contribution is 2.56. The van der Waals surface area contributed by atoms with Crippen molar-refractivity contribution in [3.8, 4) is 45.6 Å². The quantitative estimate of drug-likeness (QED) is 0.0546. The first kappa shape index (κ1) is 52.3. The lowest BCUT2D eigenvalue weighted by atomic mass is 9.76. The second-order valence-corrected chi connectivity index (χ2v) is 19.5. The number of hydrogen-bond acceptors (Lipinski definition) is 9. The van der Waals surface area contributed by atoms with E-state index in [4.69, 9.17) is 33.2 Å². The Morgan fingerprint density at radius 3 is 1.34 bits per heavy atom. The van der Waals surface area contributed by atoms with Gasteiger partial charge in [0.05, 0.1) is 0 Å². The highest BCUT2D eigenvalue weighted by atomic mass is 16.6. The molecule has 0 radical (unpaired) electrons. The Bertz CT molecular complexity index is 3140. The fourth-order valence-corrected chi connectivity index (χ4v) is 9.72. The van der Waals surface area contributed by atoms with Crippen molar-refractivity contribution in [1.29, 1.82) is 0 Å². The summed E-state index contributed by atoms with van der Waals surface area (Å²) in [5, 5.41) is 0. The van der Waals surface area contributed by atoms with Gasteiger partial charge in [0.25, 0.3) is 0 Å². The predicted octanol–water partition coefficient (Wildman–Crippen LogP) is 14.2. The van der Waals surface area contributed by atoms with Crippen LogP contribution in [0.1, 0.15) is 86.5 Å². The number of ether oxygens (including phenoxy) is 7. The van der Waals surface area contributed by atoms with Gasteiger partial charge in [0.1, 0.15) is 60.9 Å². The normalized spacial score (nSPS) is 13.5. The molecule has 7 aromatic rings. The van der Waals surface area contributed by atoms with Crippen LogP contribution in [0, 0.1) is 48.5 Å². The van der Waals surface area contributed by atoms with Gasteiger partial charge in [0.15, 0.2) is 12.2 Å². The van der Waals surface area contributed by atoms with Crippen molar-refractivity contribution in [1.82, 2.24) is 0 Å². The summed E-state index contributed by atoms with van der Waals surface area (Å²) in [4.78, 5) is 25.4. The molecule has 0 aromatic heterocycles. The molecule has 1 aliphatic heterocycles. The average molecular weight is 991 g/mol. The largest absolute Gasteiger partial charge is 0.490 e. The maximum atomic E-state index is 12.7.